The summed E-state index contributed by atoms with van der Waals surface area (Å²) >= 11 is 0. The average Bonchev–Trinajstić information content (AvgIpc) is 2.96. The zero-order valence-electron chi connectivity index (χ0n) is 11.9. The van der Waals surface area contributed by atoms with Gasteiger partial charge in [0, 0.05) is 18.2 Å². The van der Waals surface area contributed by atoms with Gasteiger partial charge in [0.2, 0.25) is 5.91 Å². The van der Waals surface area contributed by atoms with Gasteiger partial charge in [0.25, 0.3) is 13.4 Å². The molecule has 1 saturated heterocycles. The fourth-order valence-electron chi connectivity index (χ4n) is 2.53. The molecular formula is C14H16BF2N2O3. The van der Waals surface area contributed by atoms with Crippen LogP contribution in [-0.2, 0) is 4.79 Å². The maximum Gasteiger partial charge on any atom is 0.289 e. The smallest absolute Gasteiger partial charge is 0.289 e. The van der Waals surface area contributed by atoms with E-state index in [4.69, 9.17) is 5.02 Å². The van der Waals surface area contributed by atoms with Crippen molar-refractivity contribution in [1.82, 2.24) is 10.2 Å². The number of nitrogens with zero attached hydrogens (tertiary/aromatic N) is 1. The summed E-state index contributed by atoms with van der Waals surface area (Å²) in [7, 11) is 1.02. The van der Waals surface area contributed by atoms with E-state index in [1.807, 2.05) is 0 Å². The first kappa shape index (κ1) is 16.4. The van der Waals surface area contributed by atoms with Gasteiger partial charge in [0.05, 0.1) is 6.54 Å². The Morgan fingerprint density at radius 1 is 1.36 bits per heavy atom. The summed E-state index contributed by atoms with van der Waals surface area (Å²) in [6.07, 6.45) is 2.05. The van der Waals surface area contributed by atoms with Gasteiger partial charge in [-0.1, -0.05) is 0 Å². The van der Waals surface area contributed by atoms with Crippen molar-refractivity contribution >= 4 is 19.3 Å². The van der Waals surface area contributed by atoms with Crippen molar-refractivity contribution in [1.29, 1.82) is 0 Å². The van der Waals surface area contributed by atoms with Crippen LogP contribution in [0.4, 0.5) is 8.78 Å². The molecule has 1 fully saturated rings. The number of hydrogen-bond donors (Lipinski definition) is 2. The van der Waals surface area contributed by atoms with Crippen LogP contribution in [0.15, 0.2) is 18.2 Å². The van der Waals surface area contributed by atoms with Crippen molar-refractivity contribution in [2.75, 3.05) is 13.1 Å². The Morgan fingerprint density at radius 2 is 2.14 bits per heavy atom. The predicted molar refractivity (Wildman–Crippen MR) is 76.2 cm³/mol. The molecule has 0 saturated carbocycles. The molecule has 0 aromatic heterocycles. The molecule has 1 aromatic carbocycles. The van der Waals surface area contributed by atoms with Crippen molar-refractivity contribution in [3.05, 3.63) is 35.4 Å². The molecule has 2 N–H and O–H groups in total. The van der Waals surface area contributed by atoms with Crippen LogP contribution in [0.5, 0.6) is 0 Å². The Hall–Kier alpha value is -1.96. The van der Waals surface area contributed by atoms with E-state index in [2.05, 4.69) is 5.32 Å². The molecule has 1 aliphatic rings. The van der Waals surface area contributed by atoms with E-state index in [9.17, 15) is 18.4 Å². The third kappa shape index (κ3) is 3.82. The second kappa shape index (κ2) is 7.35. The zero-order valence-corrected chi connectivity index (χ0v) is 11.9. The van der Waals surface area contributed by atoms with Crippen LogP contribution in [0.1, 0.15) is 23.2 Å². The number of amides is 2. The Labute approximate surface area is 127 Å². The molecule has 117 valence electrons. The molecule has 1 aromatic rings. The molecule has 2 amide bonds. The molecule has 22 heavy (non-hydrogen) atoms. The summed E-state index contributed by atoms with van der Waals surface area (Å²) in [6.45, 7) is 0.359. The molecule has 0 spiro atoms. The fraction of sp³-hybridized carbons (Fsp3) is 0.429. The van der Waals surface area contributed by atoms with Crippen molar-refractivity contribution in [3.8, 4) is 0 Å². The number of carbonyl (C=O) groups excluding carboxylic acids is 2. The lowest BCUT2D eigenvalue weighted by Gasteiger charge is -2.24. The minimum Gasteiger partial charge on any atom is -0.454 e. The van der Waals surface area contributed by atoms with Crippen LogP contribution in [0.25, 0.3) is 0 Å². The van der Waals surface area contributed by atoms with Crippen LogP contribution >= 0.6 is 0 Å². The van der Waals surface area contributed by atoms with Crippen molar-refractivity contribution in [3.63, 3.8) is 0 Å². The van der Waals surface area contributed by atoms with Gasteiger partial charge in [-0.2, -0.15) is 0 Å². The molecule has 8 heteroatoms. The molecule has 0 aliphatic carbocycles. The molecule has 1 radical (unpaired) electrons. The molecule has 5 nitrogen and oxygen atoms in total. The van der Waals surface area contributed by atoms with Gasteiger partial charge in [-0.25, -0.2) is 8.78 Å². The SMILES string of the molecule is O=C(NCC(=O)N1CCCC1C[B]O)c1ccc(F)c(F)c1. The lowest BCUT2D eigenvalue weighted by atomic mass is 9.89. The van der Waals surface area contributed by atoms with Crippen LogP contribution in [0.2, 0.25) is 6.32 Å². The number of nitrogens with one attached hydrogen (secondary N) is 1. The van der Waals surface area contributed by atoms with Gasteiger partial charge in [-0.15, -0.1) is 0 Å². The third-order valence-corrected chi connectivity index (χ3v) is 3.66. The number of hydrogen-bond acceptors (Lipinski definition) is 3. The van der Waals surface area contributed by atoms with E-state index in [-0.39, 0.29) is 24.1 Å². The quantitative estimate of drug-likeness (QED) is 0.787. The standard InChI is InChI=1S/C14H16BF2N2O3/c16-11-4-3-9(6-12(11)17)14(21)18-8-13(20)19-5-1-2-10(19)7-15-22/h3-4,6,10,22H,1-2,5,7-8H2,(H,18,21). The molecule has 1 unspecified atom stereocenters. The fourth-order valence-corrected chi connectivity index (χ4v) is 2.53. The molecule has 1 aliphatic heterocycles. The largest absolute Gasteiger partial charge is 0.454 e. The minimum absolute atomic E-state index is 0.0478. The van der Waals surface area contributed by atoms with E-state index in [1.165, 1.54) is 0 Å². The Kier molecular flexibility index (Phi) is 5.49. The van der Waals surface area contributed by atoms with Crippen LogP contribution in [-0.4, -0.2) is 48.4 Å². The van der Waals surface area contributed by atoms with Gasteiger partial charge in [-0.05, 0) is 37.4 Å². The first-order valence-corrected chi connectivity index (χ1v) is 7.01. The molecule has 1 atom stereocenters. The second-order valence-electron chi connectivity index (χ2n) is 5.11. The Balaban J connectivity index is 1.90. The van der Waals surface area contributed by atoms with Gasteiger partial charge < -0.3 is 15.2 Å². The van der Waals surface area contributed by atoms with Crippen LogP contribution in [0.3, 0.4) is 0 Å². The van der Waals surface area contributed by atoms with E-state index in [1.54, 1.807) is 4.90 Å². The molecule has 2 rings (SSSR count). The zero-order chi connectivity index (χ0) is 16.1. The maximum atomic E-state index is 13.1. The lowest BCUT2D eigenvalue weighted by molar-refractivity contribution is -0.130. The highest BCUT2D eigenvalue weighted by Gasteiger charge is 2.28. The summed E-state index contributed by atoms with van der Waals surface area (Å²) in [4.78, 5) is 25.5. The highest BCUT2D eigenvalue weighted by Crippen LogP contribution is 2.19. The van der Waals surface area contributed by atoms with E-state index >= 15 is 0 Å². The first-order valence-electron chi connectivity index (χ1n) is 7.01. The van der Waals surface area contributed by atoms with E-state index < -0.39 is 17.5 Å². The minimum atomic E-state index is -1.11. The summed E-state index contributed by atoms with van der Waals surface area (Å²) in [5.41, 5.74) is -0.0478. The summed E-state index contributed by atoms with van der Waals surface area (Å²) in [6, 6.07) is 2.74. The summed E-state index contributed by atoms with van der Waals surface area (Å²) < 4.78 is 25.9. The monoisotopic (exact) mass is 309 g/mol. The third-order valence-electron chi connectivity index (χ3n) is 3.66. The Bertz CT molecular complexity index is 571. The normalized spacial score (nSPS) is 17.4. The number of carbonyl (C=O) groups is 2. The van der Waals surface area contributed by atoms with Crippen molar-refractivity contribution in [2.24, 2.45) is 0 Å². The van der Waals surface area contributed by atoms with Crippen molar-refractivity contribution < 1.29 is 23.4 Å². The first-order chi connectivity index (χ1) is 10.5. The highest BCUT2D eigenvalue weighted by molar-refractivity contribution is 6.25. The molecule has 0 bridgehead atoms. The summed E-state index contributed by atoms with van der Waals surface area (Å²) in [5.74, 6) is -3.05. The van der Waals surface area contributed by atoms with E-state index in [0.717, 1.165) is 38.5 Å². The van der Waals surface area contributed by atoms with Crippen LogP contribution in [0, 0.1) is 11.6 Å². The van der Waals surface area contributed by atoms with Crippen molar-refractivity contribution in [2.45, 2.75) is 25.2 Å². The van der Waals surface area contributed by atoms with Gasteiger partial charge in [0.1, 0.15) is 0 Å². The number of halogens is 2. The summed E-state index contributed by atoms with van der Waals surface area (Å²) in [5, 5.41) is 11.2. The maximum absolute atomic E-state index is 13.1. The van der Waals surface area contributed by atoms with Gasteiger partial charge >= 0.3 is 0 Å². The number of likely N-dealkylation sites (tertiary alicyclic amines) is 1. The average molecular weight is 309 g/mol. The Morgan fingerprint density at radius 3 is 2.82 bits per heavy atom. The lowest BCUT2D eigenvalue weighted by Crippen LogP contribution is -2.42. The van der Waals surface area contributed by atoms with E-state index in [0.29, 0.717) is 12.9 Å². The van der Waals surface area contributed by atoms with Gasteiger partial charge in [-0.3, -0.25) is 9.59 Å². The highest BCUT2D eigenvalue weighted by atomic mass is 19.2. The number of benzene rings is 1. The van der Waals surface area contributed by atoms with Crippen LogP contribution < -0.4 is 5.32 Å². The number of rotatable bonds is 5. The molecule has 1 heterocycles. The predicted octanol–water partition coefficient (Wildman–Crippen LogP) is 0.715. The molecular weight excluding hydrogens is 293 g/mol. The second-order valence-corrected chi connectivity index (χ2v) is 5.11. The topological polar surface area (TPSA) is 69.6 Å². The van der Waals surface area contributed by atoms with Gasteiger partial charge in [0.15, 0.2) is 11.6 Å².